The number of imidazole rings is 1. The Balaban J connectivity index is 1.46. The number of nitrogens with zero attached hydrogens (tertiary/aromatic N) is 4. The van der Waals surface area contributed by atoms with Crippen LogP contribution in [0, 0.1) is 0 Å². The van der Waals surface area contributed by atoms with E-state index in [0.29, 0.717) is 31.0 Å². The summed E-state index contributed by atoms with van der Waals surface area (Å²) in [5, 5.41) is 0.354. The normalized spacial score (nSPS) is 15.7. The van der Waals surface area contributed by atoms with E-state index in [4.69, 9.17) is 21.3 Å². The number of hydrogen-bond acceptors (Lipinski definition) is 5. The van der Waals surface area contributed by atoms with Gasteiger partial charge in [0.05, 0.1) is 7.11 Å². The lowest BCUT2D eigenvalue weighted by atomic mass is 10.1. The van der Waals surface area contributed by atoms with Crippen LogP contribution < -0.4 is 4.74 Å². The molecule has 1 fully saturated rings. The largest absolute Gasteiger partial charge is 0.495 e. The van der Waals surface area contributed by atoms with Gasteiger partial charge in [-0.2, -0.15) is 4.31 Å². The van der Waals surface area contributed by atoms with Crippen LogP contribution in [0.4, 0.5) is 0 Å². The lowest BCUT2D eigenvalue weighted by Crippen LogP contribution is -2.39. The predicted molar refractivity (Wildman–Crippen MR) is 128 cm³/mol. The van der Waals surface area contributed by atoms with Gasteiger partial charge in [-0.25, -0.2) is 18.4 Å². The summed E-state index contributed by atoms with van der Waals surface area (Å²) >= 11 is 6.08. The Bertz CT molecular complexity index is 1400. The number of benzene rings is 2. The molecule has 33 heavy (non-hydrogen) atoms. The molecule has 170 valence electrons. The van der Waals surface area contributed by atoms with Crippen molar-refractivity contribution >= 4 is 32.8 Å². The van der Waals surface area contributed by atoms with Crippen molar-refractivity contribution in [2.24, 2.45) is 0 Å². The zero-order valence-electron chi connectivity index (χ0n) is 18.1. The zero-order valence-corrected chi connectivity index (χ0v) is 19.6. The molecule has 0 unspecified atom stereocenters. The highest BCUT2D eigenvalue weighted by atomic mass is 35.5. The highest BCUT2D eigenvalue weighted by Crippen LogP contribution is 2.36. The fraction of sp³-hybridized carbons (Fsp3) is 0.250. The van der Waals surface area contributed by atoms with Crippen molar-refractivity contribution in [2.45, 2.75) is 23.8 Å². The Hall–Kier alpha value is -2.94. The Labute approximate surface area is 197 Å². The molecule has 0 amide bonds. The standard InChI is InChI=1S/C24H23ClN4O3S/c1-32-21-10-9-18(25)16-22(21)33(30,31)28-14-11-19(12-15-28)29-23(17-6-3-2-4-7-17)27-20-8-5-13-26-24(20)29/h2-10,13,16,19H,11-12,14-15H2,1H3. The second kappa shape index (κ2) is 8.78. The van der Waals surface area contributed by atoms with E-state index in [1.165, 1.54) is 17.5 Å². The zero-order chi connectivity index (χ0) is 23.0. The van der Waals surface area contributed by atoms with E-state index in [2.05, 4.69) is 9.55 Å². The van der Waals surface area contributed by atoms with Crippen molar-refractivity contribution in [1.29, 1.82) is 0 Å². The van der Waals surface area contributed by atoms with Crippen LogP contribution in [0.15, 0.2) is 71.8 Å². The van der Waals surface area contributed by atoms with Crippen LogP contribution in [0.25, 0.3) is 22.6 Å². The molecule has 7 nitrogen and oxygen atoms in total. The lowest BCUT2D eigenvalue weighted by molar-refractivity contribution is 0.277. The van der Waals surface area contributed by atoms with Gasteiger partial charge in [-0.05, 0) is 43.2 Å². The quantitative estimate of drug-likeness (QED) is 0.409. The maximum atomic E-state index is 13.4. The Morgan fingerprint density at radius 2 is 1.79 bits per heavy atom. The number of aromatic nitrogens is 3. The molecule has 0 aliphatic carbocycles. The fourth-order valence-corrected chi connectivity index (χ4v) is 6.29. The van der Waals surface area contributed by atoms with Gasteiger partial charge in [0.15, 0.2) is 5.65 Å². The minimum Gasteiger partial charge on any atom is -0.495 e. The Morgan fingerprint density at radius 3 is 2.52 bits per heavy atom. The molecule has 1 aliphatic heterocycles. The number of piperidine rings is 1. The summed E-state index contributed by atoms with van der Waals surface area (Å²) in [4.78, 5) is 9.52. The third-order valence-electron chi connectivity index (χ3n) is 6.01. The molecular weight excluding hydrogens is 460 g/mol. The van der Waals surface area contributed by atoms with Crippen LogP contribution in [0.1, 0.15) is 18.9 Å². The first-order valence-corrected chi connectivity index (χ1v) is 12.5. The van der Waals surface area contributed by atoms with Crippen molar-refractivity contribution in [2.75, 3.05) is 20.2 Å². The molecule has 3 heterocycles. The second-order valence-electron chi connectivity index (χ2n) is 7.95. The van der Waals surface area contributed by atoms with Gasteiger partial charge >= 0.3 is 0 Å². The van der Waals surface area contributed by atoms with Crippen LogP contribution in [-0.2, 0) is 10.0 Å². The summed E-state index contributed by atoms with van der Waals surface area (Å²) in [5.74, 6) is 1.14. The van der Waals surface area contributed by atoms with Gasteiger partial charge in [-0.1, -0.05) is 41.9 Å². The summed E-state index contributed by atoms with van der Waals surface area (Å²) in [7, 11) is -2.29. The van der Waals surface area contributed by atoms with Crippen molar-refractivity contribution < 1.29 is 13.2 Å². The van der Waals surface area contributed by atoms with Crippen molar-refractivity contribution in [3.63, 3.8) is 0 Å². The Kier molecular flexibility index (Phi) is 5.82. The van der Waals surface area contributed by atoms with Crippen molar-refractivity contribution in [3.05, 3.63) is 71.9 Å². The first-order valence-electron chi connectivity index (χ1n) is 10.7. The number of halogens is 1. The monoisotopic (exact) mass is 482 g/mol. The third kappa shape index (κ3) is 3.99. The maximum absolute atomic E-state index is 13.4. The first kappa shape index (κ1) is 21.9. The summed E-state index contributed by atoms with van der Waals surface area (Å²) < 4.78 is 35.7. The minimum atomic E-state index is -3.74. The number of ether oxygens (including phenoxy) is 1. The lowest BCUT2D eigenvalue weighted by Gasteiger charge is -2.33. The molecule has 0 atom stereocenters. The second-order valence-corrected chi connectivity index (χ2v) is 10.3. The van der Waals surface area contributed by atoms with E-state index in [1.54, 1.807) is 18.3 Å². The van der Waals surface area contributed by atoms with E-state index < -0.39 is 10.0 Å². The third-order valence-corrected chi connectivity index (χ3v) is 8.17. The van der Waals surface area contributed by atoms with E-state index in [-0.39, 0.29) is 16.7 Å². The van der Waals surface area contributed by atoms with Crippen LogP contribution >= 0.6 is 11.6 Å². The molecule has 1 saturated heterocycles. The molecule has 0 saturated carbocycles. The summed E-state index contributed by atoms with van der Waals surface area (Å²) in [6.07, 6.45) is 3.05. The number of hydrogen-bond donors (Lipinski definition) is 0. The van der Waals surface area contributed by atoms with Gasteiger partial charge in [0.2, 0.25) is 10.0 Å². The molecule has 2 aromatic carbocycles. The van der Waals surface area contributed by atoms with Crippen LogP contribution in [-0.4, -0.2) is 47.5 Å². The van der Waals surface area contributed by atoms with Crippen LogP contribution in [0.3, 0.4) is 0 Å². The first-order chi connectivity index (χ1) is 16.0. The molecule has 5 rings (SSSR count). The molecule has 2 aromatic heterocycles. The topological polar surface area (TPSA) is 77.3 Å². The fourth-order valence-electron chi connectivity index (χ4n) is 4.40. The number of rotatable bonds is 5. The molecule has 0 bridgehead atoms. The van der Waals surface area contributed by atoms with Gasteiger partial charge < -0.3 is 9.30 Å². The average molecular weight is 483 g/mol. The number of methoxy groups -OCH3 is 1. The molecule has 4 aromatic rings. The van der Waals surface area contributed by atoms with Gasteiger partial charge in [-0.3, -0.25) is 0 Å². The number of fused-ring (bicyclic) bond motifs is 1. The molecule has 0 spiro atoms. The number of pyridine rings is 1. The minimum absolute atomic E-state index is 0.0767. The molecular formula is C24H23ClN4O3S. The van der Waals surface area contributed by atoms with E-state index in [0.717, 1.165) is 22.6 Å². The SMILES string of the molecule is COc1ccc(Cl)cc1S(=O)(=O)N1CCC(n2c(-c3ccccc3)nc3cccnc32)CC1. The molecule has 9 heteroatoms. The molecule has 0 radical (unpaired) electrons. The average Bonchev–Trinajstić information content (AvgIpc) is 3.24. The predicted octanol–water partition coefficient (Wildman–Crippen LogP) is 4.79. The highest BCUT2D eigenvalue weighted by molar-refractivity contribution is 7.89. The van der Waals surface area contributed by atoms with Crippen LogP contribution in [0.5, 0.6) is 5.75 Å². The smallest absolute Gasteiger partial charge is 0.246 e. The van der Waals surface area contributed by atoms with Crippen LogP contribution in [0.2, 0.25) is 5.02 Å². The summed E-state index contributed by atoms with van der Waals surface area (Å²) in [6, 6.07) is 18.6. The van der Waals surface area contributed by atoms with Gasteiger partial charge in [0, 0.05) is 35.9 Å². The van der Waals surface area contributed by atoms with Gasteiger partial charge in [0.1, 0.15) is 22.0 Å². The number of sulfonamides is 1. The van der Waals surface area contributed by atoms with E-state index >= 15 is 0 Å². The Morgan fingerprint density at radius 1 is 1.03 bits per heavy atom. The van der Waals surface area contributed by atoms with Gasteiger partial charge in [0.25, 0.3) is 0 Å². The summed E-state index contributed by atoms with van der Waals surface area (Å²) in [5.41, 5.74) is 2.65. The van der Waals surface area contributed by atoms with Gasteiger partial charge in [-0.15, -0.1) is 0 Å². The van der Waals surface area contributed by atoms with E-state index in [9.17, 15) is 8.42 Å². The van der Waals surface area contributed by atoms with E-state index in [1.807, 2.05) is 42.5 Å². The maximum Gasteiger partial charge on any atom is 0.246 e. The van der Waals surface area contributed by atoms with Crippen molar-refractivity contribution in [3.8, 4) is 17.1 Å². The molecule has 1 aliphatic rings. The molecule has 0 N–H and O–H groups in total. The highest BCUT2D eigenvalue weighted by Gasteiger charge is 2.33. The van der Waals surface area contributed by atoms with Crippen molar-refractivity contribution in [1.82, 2.24) is 18.8 Å². The summed E-state index contributed by atoms with van der Waals surface area (Å²) in [6.45, 7) is 0.757.